The predicted octanol–water partition coefficient (Wildman–Crippen LogP) is 1.58. The third-order valence-electron chi connectivity index (χ3n) is 5.16. The standard InChI is InChI=1S/C19H30N4O3/c1-4-20-18(22-13-19(23(2)3)7-9-24-10-8-19)21-12-15-5-6-16-17(11-15)26-14-25-16/h5-6,11H,4,7-10,12-14H2,1-3H3,(H2,20,21,22). The van der Waals surface area contributed by atoms with Gasteiger partial charge < -0.3 is 29.7 Å². The molecule has 2 N–H and O–H groups in total. The van der Waals surface area contributed by atoms with E-state index in [-0.39, 0.29) is 5.54 Å². The Morgan fingerprint density at radius 3 is 2.65 bits per heavy atom. The van der Waals surface area contributed by atoms with Crippen molar-refractivity contribution in [1.29, 1.82) is 0 Å². The van der Waals surface area contributed by atoms with Gasteiger partial charge in [-0.05, 0) is 51.6 Å². The van der Waals surface area contributed by atoms with Crippen LogP contribution in [0.4, 0.5) is 0 Å². The zero-order valence-electron chi connectivity index (χ0n) is 16.0. The number of likely N-dealkylation sites (N-methyl/N-ethyl adjacent to an activating group) is 1. The lowest BCUT2D eigenvalue weighted by molar-refractivity contribution is -0.00501. The second kappa shape index (κ2) is 8.60. The van der Waals surface area contributed by atoms with Crippen molar-refractivity contribution < 1.29 is 14.2 Å². The van der Waals surface area contributed by atoms with Crippen molar-refractivity contribution in [3.05, 3.63) is 23.8 Å². The molecule has 2 aliphatic rings. The summed E-state index contributed by atoms with van der Waals surface area (Å²) >= 11 is 0. The van der Waals surface area contributed by atoms with Crippen LogP contribution in [-0.4, -0.2) is 63.6 Å². The summed E-state index contributed by atoms with van der Waals surface area (Å²) in [5, 5.41) is 6.85. The predicted molar refractivity (Wildman–Crippen MR) is 102 cm³/mol. The minimum absolute atomic E-state index is 0.104. The molecule has 0 bridgehead atoms. The molecule has 2 heterocycles. The van der Waals surface area contributed by atoms with Crippen molar-refractivity contribution in [2.24, 2.45) is 4.99 Å². The van der Waals surface area contributed by atoms with Gasteiger partial charge in [-0.15, -0.1) is 0 Å². The Bertz CT molecular complexity index is 627. The summed E-state index contributed by atoms with van der Waals surface area (Å²) in [6.45, 7) is 6.25. The lowest BCUT2D eigenvalue weighted by atomic mass is 9.88. The fourth-order valence-electron chi connectivity index (χ4n) is 3.33. The molecule has 0 aromatic heterocycles. The van der Waals surface area contributed by atoms with E-state index in [1.54, 1.807) is 0 Å². The van der Waals surface area contributed by atoms with Crippen molar-refractivity contribution in [3.63, 3.8) is 0 Å². The molecule has 7 heteroatoms. The Kier molecular flexibility index (Phi) is 6.21. The van der Waals surface area contributed by atoms with E-state index in [9.17, 15) is 0 Å². The molecule has 144 valence electrons. The molecule has 0 aliphatic carbocycles. The fourth-order valence-corrected chi connectivity index (χ4v) is 3.33. The summed E-state index contributed by atoms with van der Waals surface area (Å²) in [5.74, 6) is 2.43. The molecule has 2 aliphatic heterocycles. The van der Waals surface area contributed by atoms with Gasteiger partial charge in [0.2, 0.25) is 6.79 Å². The average Bonchev–Trinajstić information content (AvgIpc) is 3.12. The summed E-state index contributed by atoms with van der Waals surface area (Å²) in [5.41, 5.74) is 1.20. The maximum Gasteiger partial charge on any atom is 0.231 e. The molecule has 26 heavy (non-hydrogen) atoms. The largest absolute Gasteiger partial charge is 0.454 e. The van der Waals surface area contributed by atoms with Gasteiger partial charge in [0.25, 0.3) is 0 Å². The van der Waals surface area contributed by atoms with Gasteiger partial charge in [0, 0.05) is 31.8 Å². The zero-order valence-corrected chi connectivity index (χ0v) is 16.0. The number of hydrogen-bond donors (Lipinski definition) is 2. The van der Waals surface area contributed by atoms with Crippen LogP contribution in [0.15, 0.2) is 23.2 Å². The molecule has 1 saturated heterocycles. The van der Waals surface area contributed by atoms with Crippen LogP contribution in [0.5, 0.6) is 11.5 Å². The number of ether oxygens (including phenoxy) is 3. The summed E-state index contributed by atoms with van der Waals surface area (Å²) in [7, 11) is 4.29. The van der Waals surface area contributed by atoms with Crippen LogP contribution in [0.2, 0.25) is 0 Å². The van der Waals surface area contributed by atoms with Crippen LogP contribution in [0, 0.1) is 0 Å². The topological polar surface area (TPSA) is 67.4 Å². The highest BCUT2D eigenvalue weighted by Gasteiger charge is 2.34. The first-order valence-electron chi connectivity index (χ1n) is 9.29. The third-order valence-corrected chi connectivity index (χ3v) is 5.16. The SMILES string of the molecule is CCNC(=NCc1ccc2c(c1)OCO2)NCC1(N(C)C)CCOCC1. The van der Waals surface area contributed by atoms with Crippen molar-refractivity contribution in [1.82, 2.24) is 15.5 Å². The summed E-state index contributed by atoms with van der Waals surface area (Å²) in [6.07, 6.45) is 2.04. The lowest BCUT2D eigenvalue weighted by Gasteiger charge is -2.43. The molecule has 1 aromatic carbocycles. The summed E-state index contributed by atoms with van der Waals surface area (Å²) in [4.78, 5) is 7.04. The molecule has 0 saturated carbocycles. The maximum atomic E-state index is 5.55. The summed E-state index contributed by atoms with van der Waals surface area (Å²) < 4.78 is 16.3. The molecular formula is C19H30N4O3. The van der Waals surface area contributed by atoms with Gasteiger partial charge in [0.15, 0.2) is 17.5 Å². The van der Waals surface area contributed by atoms with Crippen LogP contribution >= 0.6 is 0 Å². The van der Waals surface area contributed by atoms with Crippen LogP contribution in [0.3, 0.4) is 0 Å². The number of nitrogens with one attached hydrogen (secondary N) is 2. The first kappa shape index (κ1) is 18.8. The van der Waals surface area contributed by atoms with Gasteiger partial charge in [0.05, 0.1) is 6.54 Å². The van der Waals surface area contributed by atoms with E-state index in [4.69, 9.17) is 19.2 Å². The second-order valence-electron chi connectivity index (χ2n) is 6.97. The number of rotatable bonds is 6. The van der Waals surface area contributed by atoms with E-state index in [1.807, 2.05) is 18.2 Å². The molecule has 7 nitrogen and oxygen atoms in total. The number of benzene rings is 1. The van der Waals surface area contributed by atoms with Gasteiger partial charge >= 0.3 is 0 Å². The van der Waals surface area contributed by atoms with Crippen LogP contribution in [0.1, 0.15) is 25.3 Å². The van der Waals surface area contributed by atoms with E-state index in [2.05, 4.69) is 36.6 Å². The first-order chi connectivity index (χ1) is 12.6. The Morgan fingerprint density at radius 2 is 1.92 bits per heavy atom. The van der Waals surface area contributed by atoms with Crippen LogP contribution in [-0.2, 0) is 11.3 Å². The van der Waals surface area contributed by atoms with Crippen LogP contribution < -0.4 is 20.1 Å². The highest BCUT2D eigenvalue weighted by molar-refractivity contribution is 5.79. The van der Waals surface area contributed by atoms with Crippen molar-refractivity contribution in [3.8, 4) is 11.5 Å². The van der Waals surface area contributed by atoms with Crippen molar-refractivity contribution in [2.75, 3.05) is 47.2 Å². The number of fused-ring (bicyclic) bond motifs is 1. The smallest absolute Gasteiger partial charge is 0.231 e. The molecule has 0 radical (unpaired) electrons. The average molecular weight is 362 g/mol. The molecule has 0 amide bonds. The van der Waals surface area contributed by atoms with Gasteiger partial charge in [-0.3, -0.25) is 0 Å². The Morgan fingerprint density at radius 1 is 1.15 bits per heavy atom. The monoisotopic (exact) mass is 362 g/mol. The minimum atomic E-state index is 0.104. The van der Waals surface area contributed by atoms with Crippen molar-refractivity contribution in [2.45, 2.75) is 31.8 Å². The number of nitrogens with zero attached hydrogens (tertiary/aromatic N) is 2. The fraction of sp³-hybridized carbons (Fsp3) is 0.632. The van der Waals surface area contributed by atoms with E-state index in [0.717, 1.165) is 62.2 Å². The molecule has 1 fully saturated rings. The van der Waals surface area contributed by atoms with Gasteiger partial charge in [-0.2, -0.15) is 0 Å². The van der Waals surface area contributed by atoms with Gasteiger partial charge in [0.1, 0.15) is 0 Å². The molecule has 0 atom stereocenters. The minimum Gasteiger partial charge on any atom is -0.454 e. The summed E-state index contributed by atoms with van der Waals surface area (Å²) in [6, 6.07) is 5.96. The lowest BCUT2D eigenvalue weighted by Crippen LogP contribution is -2.57. The molecule has 0 unspecified atom stereocenters. The van der Waals surface area contributed by atoms with E-state index < -0.39 is 0 Å². The Balaban J connectivity index is 1.63. The van der Waals surface area contributed by atoms with E-state index >= 15 is 0 Å². The highest BCUT2D eigenvalue weighted by Crippen LogP contribution is 2.32. The van der Waals surface area contributed by atoms with E-state index in [1.165, 1.54) is 0 Å². The normalized spacial score (nSPS) is 18.8. The van der Waals surface area contributed by atoms with Crippen LogP contribution in [0.25, 0.3) is 0 Å². The molecule has 1 aromatic rings. The molecule has 0 spiro atoms. The zero-order chi connectivity index (χ0) is 18.4. The molecular weight excluding hydrogens is 332 g/mol. The number of aliphatic imine (C=N–C) groups is 1. The number of hydrogen-bond acceptors (Lipinski definition) is 5. The molecule has 3 rings (SSSR count). The van der Waals surface area contributed by atoms with Gasteiger partial charge in [-0.1, -0.05) is 6.07 Å². The van der Waals surface area contributed by atoms with Crippen molar-refractivity contribution >= 4 is 5.96 Å². The number of guanidine groups is 1. The highest BCUT2D eigenvalue weighted by atomic mass is 16.7. The quantitative estimate of drug-likeness (QED) is 0.592. The van der Waals surface area contributed by atoms with Gasteiger partial charge in [-0.25, -0.2) is 4.99 Å². The third kappa shape index (κ3) is 4.40. The van der Waals surface area contributed by atoms with E-state index in [0.29, 0.717) is 13.3 Å². The maximum absolute atomic E-state index is 5.55. The second-order valence-corrected chi connectivity index (χ2v) is 6.97. The Hall–Kier alpha value is -1.99. The first-order valence-corrected chi connectivity index (χ1v) is 9.29. The Labute approximate surface area is 155 Å².